The van der Waals surface area contributed by atoms with E-state index in [9.17, 15) is 0 Å². The molecule has 4 nitrogen and oxygen atoms in total. The molecule has 1 saturated carbocycles. The van der Waals surface area contributed by atoms with Crippen LogP contribution >= 0.6 is 0 Å². The fourth-order valence-electron chi connectivity index (χ4n) is 3.12. The third-order valence-corrected chi connectivity index (χ3v) is 7.38. The van der Waals surface area contributed by atoms with Gasteiger partial charge >= 0.3 is 8.80 Å². The lowest BCUT2D eigenvalue weighted by Gasteiger charge is -2.38. The predicted molar refractivity (Wildman–Crippen MR) is 70.8 cm³/mol. The molecule has 0 amide bonds. The molecule has 1 aliphatic carbocycles. The number of hydrogen-bond donors (Lipinski definition) is 1. The van der Waals surface area contributed by atoms with Crippen LogP contribution in [-0.4, -0.2) is 36.7 Å². The van der Waals surface area contributed by atoms with Crippen molar-refractivity contribution in [3.05, 3.63) is 0 Å². The average Bonchev–Trinajstić information content (AvgIpc) is 2.41. The molecule has 0 aromatic heterocycles. The van der Waals surface area contributed by atoms with Gasteiger partial charge in [-0.25, -0.2) is 0 Å². The Bertz CT molecular complexity index is 198. The average molecular weight is 261 g/mol. The van der Waals surface area contributed by atoms with Crippen LogP contribution in [0.25, 0.3) is 0 Å². The van der Waals surface area contributed by atoms with Crippen LogP contribution in [0.5, 0.6) is 0 Å². The van der Waals surface area contributed by atoms with Crippen molar-refractivity contribution in [1.82, 2.24) is 0 Å². The van der Waals surface area contributed by atoms with Crippen LogP contribution in [0.1, 0.15) is 38.5 Å². The Balaban J connectivity index is 2.80. The molecule has 0 radical (unpaired) electrons. The highest BCUT2D eigenvalue weighted by Crippen LogP contribution is 2.42. The van der Waals surface area contributed by atoms with Crippen molar-refractivity contribution in [2.45, 2.75) is 44.1 Å². The van der Waals surface area contributed by atoms with Crippen molar-refractivity contribution >= 4 is 8.80 Å². The zero-order valence-electron chi connectivity index (χ0n) is 11.4. The molecule has 0 saturated heterocycles. The van der Waals surface area contributed by atoms with Crippen molar-refractivity contribution in [3.8, 4) is 0 Å². The van der Waals surface area contributed by atoms with Crippen molar-refractivity contribution in [3.63, 3.8) is 0 Å². The molecule has 0 aromatic carbocycles. The first-order chi connectivity index (χ1) is 8.24. The molecular weight excluding hydrogens is 234 g/mol. The van der Waals surface area contributed by atoms with E-state index in [0.717, 1.165) is 6.42 Å². The van der Waals surface area contributed by atoms with Gasteiger partial charge < -0.3 is 19.0 Å². The molecule has 1 unspecified atom stereocenters. The smallest absolute Gasteiger partial charge is 0.377 e. The first-order valence-corrected chi connectivity index (χ1v) is 8.39. The summed E-state index contributed by atoms with van der Waals surface area (Å²) in [7, 11) is 2.56. The van der Waals surface area contributed by atoms with E-state index >= 15 is 0 Å². The Hall–Kier alpha value is 0.0569. The van der Waals surface area contributed by atoms with Gasteiger partial charge in [0.15, 0.2) is 0 Å². The van der Waals surface area contributed by atoms with Crippen LogP contribution < -0.4 is 5.73 Å². The molecule has 2 N–H and O–H groups in total. The fraction of sp³-hybridized carbons (Fsp3) is 1.00. The maximum Gasteiger partial charge on any atom is 0.503 e. The standard InChI is InChI=1S/C12H27NO3Si/c1-14-17(15-2,16-3)12(9-10-13)11-7-5-4-6-8-11/h11-12H,4-10,13H2,1-3H3. The molecule has 0 heterocycles. The minimum absolute atomic E-state index is 0.354. The van der Waals surface area contributed by atoms with E-state index in [4.69, 9.17) is 19.0 Å². The van der Waals surface area contributed by atoms with Gasteiger partial charge in [-0.2, -0.15) is 0 Å². The van der Waals surface area contributed by atoms with Gasteiger partial charge in [0.25, 0.3) is 0 Å². The van der Waals surface area contributed by atoms with E-state index in [0.29, 0.717) is 18.0 Å². The molecule has 1 atom stereocenters. The third-order valence-electron chi connectivity index (χ3n) is 4.00. The Morgan fingerprint density at radius 1 is 1.06 bits per heavy atom. The van der Waals surface area contributed by atoms with Gasteiger partial charge in [-0.1, -0.05) is 32.1 Å². The maximum atomic E-state index is 5.75. The fourth-order valence-corrected chi connectivity index (χ4v) is 5.96. The van der Waals surface area contributed by atoms with E-state index < -0.39 is 8.80 Å². The maximum absolute atomic E-state index is 5.75. The highest BCUT2D eigenvalue weighted by atomic mass is 28.4. The normalized spacial score (nSPS) is 20.5. The quantitative estimate of drug-likeness (QED) is 0.714. The Morgan fingerprint density at radius 2 is 1.59 bits per heavy atom. The summed E-state index contributed by atoms with van der Waals surface area (Å²) in [4.78, 5) is 0. The van der Waals surface area contributed by atoms with Crippen LogP contribution in [0.2, 0.25) is 5.54 Å². The predicted octanol–water partition coefficient (Wildman–Crippen LogP) is 2.16. The lowest BCUT2D eigenvalue weighted by Crippen LogP contribution is -2.51. The summed E-state index contributed by atoms with van der Waals surface area (Å²) in [6, 6.07) is 0. The Labute approximate surface area is 106 Å². The van der Waals surface area contributed by atoms with Gasteiger partial charge in [0, 0.05) is 26.9 Å². The molecule has 1 fully saturated rings. The summed E-state index contributed by atoms with van der Waals surface area (Å²) in [6.45, 7) is 0.673. The highest BCUT2D eigenvalue weighted by Gasteiger charge is 2.50. The van der Waals surface area contributed by atoms with Crippen molar-refractivity contribution in [1.29, 1.82) is 0 Å². The Kier molecular flexibility index (Phi) is 6.65. The molecule has 1 aliphatic rings. The second-order valence-corrected chi connectivity index (χ2v) is 7.97. The van der Waals surface area contributed by atoms with E-state index in [1.54, 1.807) is 21.3 Å². The van der Waals surface area contributed by atoms with Gasteiger partial charge in [0.2, 0.25) is 0 Å². The molecule has 1 rings (SSSR count). The second-order valence-electron chi connectivity index (χ2n) is 4.80. The SMILES string of the molecule is CO[Si](OC)(OC)C(CCN)C1CCCCC1. The van der Waals surface area contributed by atoms with Gasteiger partial charge in [-0.15, -0.1) is 0 Å². The van der Waals surface area contributed by atoms with Crippen LogP contribution in [0.3, 0.4) is 0 Å². The minimum atomic E-state index is -2.54. The van der Waals surface area contributed by atoms with Crippen LogP contribution in [0.4, 0.5) is 0 Å². The number of nitrogens with two attached hydrogens (primary N) is 1. The number of hydrogen-bond acceptors (Lipinski definition) is 4. The van der Waals surface area contributed by atoms with E-state index in [1.807, 2.05) is 0 Å². The first kappa shape index (κ1) is 15.1. The van der Waals surface area contributed by atoms with Gasteiger partial charge in [-0.3, -0.25) is 0 Å². The van der Waals surface area contributed by atoms with Crippen LogP contribution in [0.15, 0.2) is 0 Å². The summed E-state index contributed by atoms with van der Waals surface area (Å²) >= 11 is 0. The Morgan fingerprint density at radius 3 is 2.00 bits per heavy atom. The van der Waals surface area contributed by atoms with E-state index in [1.165, 1.54) is 32.1 Å². The van der Waals surface area contributed by atoms with Gasteiger partial charge in [0.05, 0.1) is 0 Å². The lowest BCUT2D eigenvalue weighted by molar-refractivity contribution is 0.0943. The van der Waals surface area contributed by atoms with Gasteiger partial charge in [0.1, 0.15) is 0 Å². The number of rotatable bonds is 7. The van der Waals surface area contributed by atoms with Crippen LogP contribution in [-0.2, 0) is 13.3 Å². The summed E-state index contributed by atoms with van der Waals surface area (Å²) in [6.07, 6.45) is 7.44. The summed E-state index contributed by atoms with van der Waals surface area (Å²) in [5, 5.41) is 0. The molecule has 0 bridgehead atoms. The minimum Gasteiger partial charge on any atom is -0.377 e. The van der Waals surface area contributed by atoms with Gasteiger partial charge in [-0.05, 0) is 18.9 Å². The van der Waals surface area contributed by atoms with Crippen molar-refractivity contribution in [2.75, 3.05) is 27.9 Å². The summed E-state index contributed by atoms with van der Waals surface area (Å²) < 4.78 is 16.9. The second kappa shape index (κ2) is 7.48. The first-order valence-electron chi connectivity index (χ1n) is 6.59. The molecule has 0 aliphatic heterocycles. The zero-order valence-corrected chi connectivity index (χ0v) is 12.4. The monoisotopic (exact) mass is 261 g/mol. The topological polar surface area (TPSA) is 53.7 Å². The molecule has 102 valence electrons. The molecular formula is C12H27NO3Si. The van der Waals surface area contributed by atoms with Crippen molar-refractivity contribution in [2.24, 2.45) is 11.7 Å². The van der Waals surface area contributed by atoms with E-state index in [2.05, 4.69) is 0 Å². The zero-order chi connectivity index (χ0) is 12.7. The largest absolute Gasteiger partial charge is 0.503 e. The lowest BCUT2D eigenvalue weighted by atomic mass is 9.85. The third kappa shape index (κ3) is 3.51. The molecule has 17 heavy (non-hydrogen) atoms. The van der Waals surface area contributed by atoms with Crippen molar-refractivity contribution < 1.29 is 13.3 Å². The summed E-state index contributed by atoms with van der Waals surface area (Å²) in [5.41, 5.74) is 6.11. The highest BCUT2D eigenvalue weighted by molar-refractivity contribution is 6.62. The van der Waals surface area contributed by atoms with E-state index in [-0.39, 0.29) is 0 Å². The molecule has 0 aromatic rings. The summed E-state index contributed by atoms with van der Waals surface area (Å²) in [5.74, 6) is 0.652. The molecule has 0 spiro atoms. The van der Waals surface area contributed by atoms with Crippen LogP contribution in [0, 0.1) is 5.92 Å². The molecule has 5 heteroatoms.